The van der Waals surface area contributed by atoms with Gasteiger partial charge in [0.25, 0.3) is 11.7 Å². The number of rotatable bonds is 6. The van der Waals surface area contributed by atoms with E-state index < -0.39 is 11.7 Å². The van der Waals surface area contributed by atoms with Crippen LogP contribution in [0.4, 0.5) is 5.69 Å². The Morgan fingerprint density at radius 2 is 1.79 bits per heavy atom. The maximum Gasteiger partial charge on any atom is 0.296 e. The lowest BCUT2D eigenvalue weighted by molar-refractivity contribution is -0.112. The molecule has 0 saturated carbocycles. The van der Waals surface area contributed by atoms with Crippen molar-refractivity contribution in [2.75, 3.05) is 5.32 Å². The number of phenols is 1. The lowest BCUT2D eigenvalue weighted by Gasteiger charge is -2.07. The number of benzene rings is 1. The predicted molar refractivity (Wildman–Crippen MR) is 142 cm³/mol. The molecule has 0 aliphatic heterocycles. The van der Waals surface area contributed by atoms with Crippen LogP contribution < -0.4 is 5.32 Å². The van der Waals surface area contributed by atoms with E-state index in [-0.39, 0.29) is 27.0 Å². The third-order valence-corrected chi connectivity index (χ3v) is 4.77. The molecule has 0 fully saturated rings. The predicted octanol–water partition coefficient (Wildman–Crippen LogP) is 7.22. The fourth-order valence-electron chi connectivity index (χ4n) is 2.85. The molecule has 3 rings (SSSR count). The Labute approximate surface area is 210 Å². The molecule has 6 nitrogen and oxygen atoms in total. The summed E-state index contributed by atoms with van der Waals surface area (Å²) in [5, 5.41) is 13.0. The second-order valence-electron chi connectivity index (χ2n) is 6.87. The number of aromatic nitrogens is 2. The molecular weight excluding hydrogens is 473 g/mol. The topological polar surface area (TPSA) is 84.2 Å². The van der Waals surface area contributed by atoms with Gasteiger partial charge < -0.3 is 15.0 Å². The zero-order valence-electron chi connectivity index (χ0n) is 19.5. The molecule has 0 spiro atoms. The van der Waals surface area contributed by atoms with Gasteiger partial charge in [0.2, 0.25) is 0 Å². The standard InChI is InChI=1S/C18H15Cl2N3O3.C5H8.C3H6/c1-2-5-23-9-12(11-6-10(24)3-4-15(11)23)17(25)18(26)22-16-13(19)7-21-8-14(16)20;1-3-5-4-2;1-3-2/h3-4,6-9,24H,2,5H2,1H3,(H,21,22,26);3-5H,1H2,2H3;3H,1H2,2H3/b;5-4-;. The number of halogens is 2. The number of fused-ring (bicyclic) bond motifs is 1. The van der Waals surface area contributed by atoms with Crippen molar-refractivity contribution in [2.24, 2.45) is 0 Å². The van der Waals surface area contributed by atoms with E-state index in [0.717, 1.165) is 11.9 Å². The van der Waals surface area contributed by atoms with Crippen molar-refractivity contribution < 1.29 is 14.7 Å². The van der Waals surface area contributed by atoms with Crippen LogP contribution in [-0.4, -0.2) is 26.3 Å². The van der Waals surface area contributed by atoms with Gasteiger partial charge >= 0.3 is 0 Å². The number of carbonyl (C=O) groups excluding carboxylic acids is 2. The maximum atomic E-state index is 12.7. The maximum absolute atomic E-state index is 12.7. The van der Waals surface area contributed by atoms with E-state index in [9.17, 15) is 14.7 Å². The third-order valence-electron chi connectivity index (χ3n) is 4.20. The molecule has 8 heteroatoms. The Hall–Kier alpha value is -3.35. The van der Waals surface area contributed by atoms with E-state index in [4.69, 9.17) is 23.2 Å². The molecule has 0 aliphatic carbocycles. The first kappa shape index (κ1) is 28.7. The zero-order chi connectivity index (χ0) is 25.7. The van der Waals surface area contributed by atoms with Gasteiger partial charge in [-0.25, -0.2) is 0 Å². The van der Waals surface area contributed by atoms with Crippen LogP contribution in [0.5, 0.6) is 5.75 Å². The highest BCUT2D eigenvalue weighted by Gasteiger charge is 2.23. The van der Waals surface area contributed by atoms with Gasteiger partial charge in [-0.2, -0.15) is 0 Å². The van der Waals surface area contributed by atoms with Gasteiger partial charge in [-0.3, -0.25) is 14.6 Å². The number of hydrogen-bond acceptors (Lipinski definition) is 4. The van der Waals surface area contributed by atoms with Crippen LogP contribution in [0, 0.1) is 0 Å². The van der Waals surface area contributed by atoms with Crippen molar-refractivity contribution in [2.45, 2.75) is 33.7 Å². The van der Waals surface area contributed by atoms with Gasteiger partial charge in [0.1, 0.15) is 5.75 Å². The fourth-order valence-corrected chi connectivity index (χ4v) is 3.31. The zero-order valence-corrected chi connectivity index (χ0v) is 21.0. The highest BCUT2D eigenvalue weighted by Crippen LogP contribution is 2.30. The van der Waals surface area contributed by atoms with Gasteiger partial charge in [0, 0.05) is 36.0 Å². The molecular formula is C26H29Cl2N3O3. The minimum Gasteiger partial charge on any atom is -0.508 e. The number of pyridine rings is 1. The van der Waals surface area contributed by atoms with Crippen molar-refractivity contribution in [1.29, 1.82) is 0 Å². The molecule has 2 aromatic heterocycles. The van der Waals surface area contributed by atoms with Gasteiger partial charge in [-0.05, 0) is 38.5 Å². The number of hydrogen-bond donors (Lipinski definition) is 2. The lowest BCUT2D eigenvalue weighted by Crippen LogP contribution is -2.23. The normalized spacial score (nSPS) is 10.0. The highest BCUT2D eigenvalue weighted by molar-refractivity contribution is 6.50. The third kappa shape index (κ3) is 7.90. The van der Waals surface area contributed by atoms with Crippen LogP contribution in [0.15, 0.2) is 74.3 Å². The Morgan fingerprint density at radius 1 is 1.18 bits per heavy atom. The number of carbonyl (C=O) groups is 2. The van der Waals surface area contributed by atoms with Crippen molar-refractivity contribution >= 4 is 51.5 Å². The first-order chi connectivity index (χ1) is 16.2. The SMILES string of the molecule is C=C/C=C\C.C=CC.CCCn1cc(C(=O)C(=O)Nc2c(Cl)cncc2Cl)c2cc(O)ccc21. The molecule has 0 aliphatic rings. The average Bonchev–Trinajstić information content (AvgIpc) is 3.15. The van der Waals surface area contributed by atoms with Gasteiger partial charge in [0.05, 0.1) is 21.3 Å². The van der Waals surface area contributed by atoms with E-state index in [0.29, 0.717) is 11.9 Å². The Balaban J connectivity index is 0.000000629. The van der Waals surface area contributed by atoms with E-state index >= 15 is 0 Å². The first-order valence-corrected chi connectivity index (χ1v) is 11.3. The summed E-state index contributed by atoms with van der Waals surface area (Å²) < 4.78 is 1.88. The Bertz CT molecular complexity index is 1160. The summed E-state index contributed by atoms with van der Waals surface area (Å²) in [7, 11) is 0. The van der Waals surface area contributed by atoms with Crippen molar-refractivity contribution in [3.63, 3.8) is 0 Å². The largest absolute Gasteiger partial charge is 0.508 e. The summed E-state index contributed by atoms with van der Waals surface area (Å²) >= 11 is 12.0. The smallest absolute Gasteiger partial charge is 0.296 e. The van der Waals surface area contributed by atoms with Crippen LogP contribution in [0.1, 0.15) is 37.6 Å². The monoisotopic (exact) mass is 501 g/mol. The lowest BCUT2D eigenvalue weighted by atomic mass is 10.1. The van der Waals surface area contributed by atoms with Crippen LogP contribution in [-0.2, 0) is 11.3 Å². The van der Waals surface area contributed by atoms with Crippen LogP contribution in [0.3, 0.4) is 0 Å². The molecule has 1 aromatic carbocycles. The molecule has 0 saturated heterocycles. The Kier molecular flexibility index (Phi) is 12.4. The molecule has 0 radical (unpaired) electrons. The van der Waals surface area contributed by atoms with Crippen molar-refractivity contribution in [1.82, 2.24) is 9.55 Å². The molecule has 2 N–H and O–H groups in total. The van der Waals surface area contributed by atoms with Crippen LogP contribution in [0.25, 0.3) is 10.9 Å². The summed E-state index contributed by atoms with van der Waals surface area (Å²) in [4.78, 5) is 28.9. The summed E-state index contributed by atoms with van der Waals surface area (Å²) in [5.41, 5.74) is 1.09. The number of nitrogens with one attached hydrogen (secondary N) is 1. The molecule has 180 valence electrons. The number of Topliss-reactive ketones (excluding diaryl/α,β-unsaturated/α-hetero) is 1. The van der Waals surface area contributed by atoms with Crippen LogP contribution in [0.2, 0.25) is 10.0 Å². The number of nitrogens with zero attached hydrogens (tertiary/aromatic N) is 2. The highest BCUT2D eigenvalue weighted by atomic mass is 35.5. The van der Waals surface area contributed by atoms with Crippen LogP contribution >= 0.6 is 23.2 Å². The average molecular weight is 502 g/mol. The number of ketones is 1. The summed E-state index contributed by atoms with van der Waals surface area (Å²) in [6, 6.07) is 4.72. The second kappa shape index (κ2) is 14.7. The van der Waals surface area contributed by atoms with Crippen molar-refractivity contribution in [3.8, 4) is 5.75 Å². The first-order valence-electron chi connectivity index (χ1n) is 10.5. The molecule has 34 heavy (non-hydrogen) atoms. The minimum absolute atomic E-state index is 0.0152. The van der Waals surface area contributed by atoms with E-state index in [2.05, 4.69) is 23.5 Å². The molecule has 0 bridgehead atoms. The van der Waals surface area contributed by atoms with Gasteiger partial charge in [-0.1, -0.05) is 61.0 Å². The second-order valence-corrected chi connectivity index (χ2v) is 7.68. The summed E-state index contributed by atoms with van der Waals surface area (Å²) in [6.07, 6.45) is 12.4. The molecule has 0 atom stereocenters. The van der Waals surface area contributed by atoms with Gasteiger partial charge in [0.15, 0.2) is 0 Å². The number of phenolic OH excluding ortho intramolecular Hbond substituents is 1. The van der Waals surface area contributed by atoms with Crippen molar-refractivity contribution in [3.05, 3.63) is 89.9 Å². The number of allylic oxidation sites excluding steroid dienone is 4. The summed E-state index contributed by atoms with van der Waals surface area (Å²) in [5.74, 6) is -1.61. The van der Waals surface area contributed by atoms with E-state index in [1.165, 1.54) is 18.5 Å². The summed E-state index contributed by atoms with van der Waals surface area (Å²) in [6.45, 7) is 13.4. The molecule has 3 aromatic rings. The molecule has 1 amide bonds. The van der Waals surface area contributed by atoms with E-state index in [1.807, 2.05) is 37.5 Å². The van der Waals surface area contributed by atoms with E-state index in [1.54, 1.807) is 30.5 Å². The number of anilines is 1. The number of amides is 1. The fraction of sp³-hybridized carbons (Fsp3) is 0.192. The number of aryl methyl sites for hydroxylation is 1. The molecule has 2 heterocycles. The molecule has 0 unspecified atom stereocenters. The Morgan fingerprint density at radius 3 is 2.29 bits per heavy atom. The number of aromatic hydroxyl groups is 1. The quantitative estimate of drug-likeness (QED) is 0.161. The van der Waals surface area contributed by atoms with Gasteiger partial charge in [-0.15, -0.1) is 6.58 Å². The minimum atomic E-state index is -0.876.